The Morgan fingerprint density at radius 1 is 1.29 bits per heavy atom. The third-order valence-electron chi connectivity index (χ3n) is 3.56. The molecule has 0 radical (unpaired) electrons. The number of halogens is 3. The van der Waals surface area contributed by atoms with E-state index in [1.165, 1.54) is 11.6 Å². The zero-order valence-corrected chi connectivity index (χ0v) is 11.7. The highest BCUT2D eigenvalue weighted by molar-refractivity contribution is 7.13. The van der Waals surface area contributed by atoms with E-state index < -0.39 is 23.6 Å². The number of alkyl halides is 3. The molecule has 0 bridgehead atoms. The van der Waals surface area contributed by atoms with Gasteiger partial charge in [0, 0.05) is 11.6 Å². The Morgan fingerprint density at radius 3 is 2.33 bits per heavy atom. The molecule has 21 heavy (non-hydrogen) atoms. The first kappa shape index (κ1) is 15.7. The third kappa shape index (κ3) is 2.87. The highest BCUT2D eigenvalue weighted by Crippen LogP contribution is 2.40. The molecule has 0 unspecified atom stereocenters. The summed E-state index contributed by atoms with van der Waals surface area (Å²) in [5.41, 5.74) is -1.87. The molecule has 1 N–H and O–H groups in total. The number of amides is 1. The van der Waals surface area contributed by atoms with Gasteiger partial charge in [-0.05, 0) is 12.8 Å². The molecule has 2 rings (SSSR count). The van der Waals surface area contributed by atoms with Crippen LogP contribution in [0, 0.1) is 0 Å². The second kappa shape index (κ2) is 5.63. The van der Waals surface area contributed by atoms with Crippen LogP contribution in [0.25, 0.3) is 0 Å². The van der Waals surface area contributed by atoms with Gasteiger partial charge in [-0.1, -0.05) is 19.3 Å². The van der Waals surface area contributed by atoms with Gasteiger partial charge in [0.15, 0.2) is 5.13 Å². The molecule has 5 nitrogen and oxygen atoms in total. The Hall–Kier alpha value is -1.64. The van der Waals surface area contributed by atoms with Gasteiger partial charge in [0.05, 0.1) is 0 Å². The Bertz CT molecular complexity index is 524. The van der Waals surface area contributed by atoms with Gasteiger partial charge in [0.25, 0.3) is 0 Å². The van der Waals surface area contributed by atoms with Crippen molar-refractivity contribution >= 4 is 28.3 Å². The summed E-state index contributed by atoms with van der Waals surface area (Å²) in [5, 5.41) is 10.7. The molecule has 0 saturated heterocycles. The van der Waals surface area contributed by atoms with Crippen LogP contribution in [-0.2, 0) is 9.59 Å². The van der Waals surface area contributed by atoms with Gasteiger partial charge in [-0.15, -0.1) is 11.3 Å². The molecule has 0 aromatic carbocycles. The van der Waals surface area contributed by atoms with Crippen LogP contribution in [0.3, 0.4) is 0 Å². The molecule has 1 aromatic rings. The van der Waals surface area contributed by atoms with Gasteiger partial charge >= 0.3 is 18.1 Å². The number of carboxylic acids is 1. The highest BCUT2D eigenvalue weighted by atomic mass is 32.1. The summed E-state index contributed by atoms with van der Waals surface area (Å²) in [4.78, 5) is 27.5. The number of carbonyl (C=O) groups is 2. The minimum atomic E-state index is -5.15. The molecule has 9 heteroatoms. The van der Waals surface area contributed by atoms with E-state index in [4.69, 9.17) is 0 Å². The minimum absolute atomic E-state index is 0.0102. The molecule has 1 amide bonds. The van der Waals surface area contributed by atoms with Crippen molar-refractivity contribution in [1.82, 2.24) is 4.98 Å². The Balaban J connectivity index is 2.52. The fraction of sp³-hybridized carbons (Fsp3) is 0.583. The molecule has 1 heterocycles. The van der Waals surface area contributed by atoms with Crippen LogP contribution >= 0.6 is 11.3 Å². The fourth-order valence-electron chi connectivity index (χ4n) is 2.59. The van der Waals surface area contributed by atoms with Gasteiger partial charge in [0.1, 0.15) is 5.54 Å². The van der Waals surface area contributed by atoms with Crippen molar-refractivity contribution in [2.45, 2.75) is 43.8 Å². The molecular weight excluding hydrogens is 309 g/mol. The van der Waals surface area contributed by atoms with Gasteiger partial charge in [-0.3, -0.25) is 9.69 Å². The summed E-state index contributed by atoms with van der Waals surface area (Å²) >= 11 is 0.816. The van der Waals surface area contributed by atoms with Crippen LogP contribution in [0.1, 0.15) is 32.1 Å². The van der Waals surface area contributed by atoms with E-state index >= 15 is 0 Å². The molecule has 0 atom stereocenters. The number of hydrogen-bond acceptors (Lipinski definition) is 4. The monoisotopic (exact) mass is 322 g/mol. The smallest absolute Gasteiger partial charge is 0.471 e. The predicted octanol–water partition coefficient (Wildman–Crippen LogP) is 2.83. The summed E-state index contributed by atoms with van der Waals surface area (Å²) < 4.78 is 38.6. The van der Waals surface area contributed by atoms with Crippen molar-refractivity contribution in [1.29, 1.82) is 0 Å². The van der Waals surface area contributed by atoms with Crippen molar-refractivity contribution in [2.75, 3.05) is 4.90 Å². The van der Waals surface area contributed by atoms with E-state index in [1.807, 2.05) is 0 Å². The van der Waals surface area contributed by atoms with Crippen molar-refractivity contribution in [3.8, 4) is 0 Å². The summed E-state index contributed by atoms with van der Waals surface area (Å²) in [6, 6.07) is 0. The number of aliphatic carboxylic acids is 1. The molecule has 1 aliphatic rings. The van der Waals surface area contributed by atoms with Crippen LogP contribution in [0.2, 0.25) is 0 Å². The number of rotatable bonds is 3. The normalized spacial score (nSPS) is 18.2. The number of aromatic nitrogens is 1. The van der Waals surface area contributed by atoms with Crippen molar-refractivity contribution in [3.63, 3.8) is 0 Å². The molecule has 116 valence electrons. The van der Waals surface area contributed by atoms with Gasteiger partial charge in [-0.25, -0.2) is 9.78 Å². The number of anilines is 1. The summed E-state index contributed by atoms with van der Waals surface area (Å²) in [7, 11) is 0. The number of nitrogens with zero attached hydrogens (tertiary/aromatic N) is 2. The summed E-state index contributed by atoms with van der Waals surface area (Å²) in [6.07, 6.45) is -2.27. The highest BCUT2D eigenvalue weighted by Gasteiger charge is 2.55. The first-order valence-electron chi connectivity index (χ1n) is 6.33. The molecule has 0 spiro atoms. The third-order valence-corrected chi connectivity index (χ3v) is 4.32. The zero-order chi connectivity index (χ0) is 15.7. The molecular formula is C12H13F3N2O3S. The van der Waals surface area contributed by atoms with E-state index in [0.717, 1.165) is 17.8 Å². The number of carbonyl (C=O) groups excluding carboxylic acids is 1. The van der Waals surface area contributed by atoms with Crippen LogP contribution in [0.5, 0.6) is 0 Å². The van der Waals surface area contributed by atoms with Crippen molar-refractivity contribution in [3.05, 3.63) is 11.6 Å². The zero-order valence-electron chi connectivity index (χ0n) is 10.9. The van der Waals surface area contributed by atoms with Crippen molar-refractivity contribution in [2.24, 2.45) is 0 Å². The topological polar surface area (TPSA) is 70.5 Å². The molecule has 1 aliphatic carbocycles. The van der Waals surface area contributed by atoms with Gasteiger partial charge in [-0.2, -0.15) is 13.2 Å². The Morgan fingerprint density at radius 2 is 1.90 bits per heavy atom. The Kier molecular flexibility index (Phi) is 4.22. The lowest BCUT2D eigenvalue weighted by Gasteiger charge is -2.41. The SMILES string of the molecule is O=C(N(c1nccs1)C1(C(=O)O)CCCCC1)C(F)(F)F. The lowest BCUT2D eigenvalue weighted by atomic mass is 9.80. The number of hydrogen-bond donors (Lipinski definition) is 1. The van der Waals surface area contributed by atoms with Gasteiger partial charge in [0.2, 0.25) is 0 Å². The molecule has 1 fully saturated rings. The van der Waals surface area contributed by atoms with Crippen LogP contribution in [-0.4, -0.2) is 33.7 Å². The largest absolute Gasteiger partial charge is 0.479 e. The average Bonchev–Trinajstić information content (AvgIpc) is 2.92. The molecule has 0 aliphatic heterocycles. The average molecular weight is 322 g/mol. The van der Waals surface area contributed by atoms with E-state index in [1.54, 1.807) is 0 Å². The minimum Gasteiger partial charge on any atom is -0.479 e. The van der Waals surface area contributed by atoms with E-state index in [-0.39, 0.29) is 18.0 Å². The number of thiazole rings is 1. The fourth-order valence-corrected chi connectivity index (χ4v) is 3.32. The van der Waals surface area contributed by atoms with E-state index in [0.29, 0.717) is 17.7 Å². The Labute approximate surface area is 122 Å². The van der Waals surface area contributed by atoms with Crippen LogP contribution in [0.15, 0.2) is 11.6 Å². The van der Waals surface area contributed by atoms with Crippen LogP contribution < -0.4 is 4.90 Å². The lowest BCUT2D eigenvalue weighted by Crippen LogP contribution is -2.61. The maximum Gasteiger partial charge on any atom is 0.471 e. The maximum atomic E-state index is 12.9. The van der Waals surface area contributed by atoms with E-state index in [2.05, 4.69) is 4.98 Å². The van der Waals surface area contributed by atoms with Crippen LogP contribution in [0.4, 0.5) is 18.3 Å². The summed E-state index contributed by atoms with van der Waals surface area (Å²) in [6.45, 7) is 0. The quantitative estimate of drug-likeness (QED) is 0.929. The molecule has 1 saturated carbocycles. The molecule has 1 aromatic heterocycles. The first-order valence-corrected chi connectivity index (χ1v) is 7.21. The van der Waals surface area contributed by atoms with E-state index in [9.17, 15) is 27.9 Å². The second-order valence-electron chi connectivity index (χ2n) is 4.85. The predicted molar refractivity (Wildman–Crippen MR) is 69.1 cm³/mol. The summed E-state index contributed by atoms with van der Waals surface area (Å²) in [5.74, 6) is -3.60. The first-order chi connectivity index (χ1) is 9.79. The van der Waals surface area contributed by atoms with Gasteiger partial charge < -0.3 is 5.11 Å². The second-order valence-corrected chi connectivity index (χ2v) is 5.72. The number of carboxylic acid groups (broad SMARTS) is 1. The maximum absolute atomic E-state index is 12.9. The standard InChI is InChI=1S/C12H13F3N2O3S/c13-12(14,15)8(18)17(10-16-6-7-21-10)11(9(19)20)4-2-1-3-5-11/h6-7H,1-5H2,(H,19,20). The lowest BCUT2D eigenvalue weighted by molar-refractivity contribution is -0.174. The van der Waals surface area contributed by atoms with Crippen molar-refractivity contribution < 1.29 is 27.9 Å².